The molecule has 0 spiro atoms. The fraction of sp³-hybridized carbons (Fsp3) is 0.440. The molecule has 1 aliphatic carbocycles. The lowest BCUT2D eigenvalue weighted by molar-refractivity contribution is -0.141. The molecule has 1 saturated carbocycles. The van der Waals surface area contributed by atoms with Gasteiger partial charge in [-0.15, -0.1) is 0 Å². The van der Waals surface area contributed by atoms with E-state index >= 15 is 0 Å². The third-order valence-corrected chi connectivity index (χ3v) is 5.86. The Kier molecular flexibility index (Phi) is 7.61. The van der Waals surface area contributed by atoms with Crippen LogP contribution in [0.2, 0.25) is 0 Å². The Morgan fingerprint density at radius 3 is 2.40 bits per heavy atom. The van der Waals surface area contributed by atoms with Gasteiger partial charge in [-0.2, -0.15) is 0 Å². The zero-order valence-corrected chi connectivity index (χ0v) is 17.9. The number of rotatable bonds is 8. The number of hydrogen-bond donors (Lipinski definition) is 1. The van der Waals surface area contributed by atoms with Gasteiger partial charge in [-0.25, -0.2) is 4.39 Å². The normalized spacial score (nSPS) is 15.0. The van der Waals surface area contributed by atoms with E-state index in [0.717, 1.165) is 36.8 Å². The minimum absolute atomic E-state index is 0.0637. The number of nitrogens with one attached hydrogen (secondary N) is 1. The van der Waals surface area contributed by atoms with E-state index in [-0.39, 0.29) is 24.3 Å². The van der Waals surface area contributed by atoms with Crippen molar-refractivity contribution in [3.8, 4) is 0 Å². The van der Waals surface area contributed by atoms with Crippen molar-refractivity contribution in [3.63, 3.8) is 0 Å². The Bertz CT molecular complexity index is 860. The summed E-state index contributed by atoms with van der Waals surface area (Å²) < 4.78 is 14.1. The van der Waals surface area contributed by atoms with E-state index in [4.69, 9.17) is 0 Å². The summed E-state index contributed by atoms with van der Waals surface area (Å²) in [6.45, 7) is 4.25. The number of halogens is 1. The van der Waals surface area contributed by atoms with Gasteiger partial charge in [0.2, 0.25) is 11.8 Å². The van der Waals surface area contributed by atoms with Crippen molar-refractivity contribution >= 4 is 11.8 Å². The van der Waals surface area contributed by atoms with Crippen LogP contribution in [0.25, 0.3) is 0 Å². The molecule has 2 aromatic carbocycles. The number of amides is 2. The van der Waals surface area contributed by atoms with E-state index in [1.807, 2.05) is 38.1 Å². The van der Waals surface area contributed by atoms with Gasteiger partial charge >= 0.3 is 0 Å². The zero-order chi connectivity index (χ0) is 21.5. The van der Waals surface area contributed by atoms with Crippen molar-refractivity contribution in [1.82, 2.24) is 10.2 Å². The van der Waals surface area contributed by atoms with Crippen molar-refractivity contribution in [2.24, 2.45) is 0 Å². The van der Waals surface area contributed by atoms with E-state index in [1.165, 1.54) is 6.07 Å². The largest absolute Gasteiger partial charge is 0.352 e. The molecule has 0 heterocycles. The molecule has 5 heteroatoms. The summed E-state index contributed by atoms with van der Waals surface area (Å²) in [7, 11) is 0. The first-order chi connectivity index (χ1) is 14.5. The molecule has 160 valence electrons. The van der Waals surface area contributed by atoms with Crippen LogP contribution in [0.1, 0.15) is 55.7 Å². The topological polar surface area (TPSA) is 49.4 Å². The fourth-order valence-electron chi connectivity index (χ4n) is 4.08. The molecule has 0 aromatic heterocycles. The summed E-state index contributed by atoms with van der Waals surface area (Å²) in [5.41, 5.74) is 2.44. The number of nitrogens with zero attached hydrogens (tertiary/aromatic N) is 1. The second kappa shape index (κ2) is 10.4. The Hall–Kier alpha value is -2.69. The van der Waals surface area contributed by atoms with Crippen LogP contribution in [-0.2, 0) is 22.6 Å². The number of carbonyl (C=O) groups is 2. The Balaban J connectivity index is 1.82. The number of benzene rings is 2. The number of hydrogen-bond acceptors (Lipinski definition) is 2. The number of carbonyl (C=O) groups excluding carboxylic acids is 2. The van der Waals surface area contributed by atoms with Gasteiger partial charge < -0.3 is 10.2 Å². The van der Waals surface area contributed by atoms with E-state index < -0.39 is 11.9 Å². The predicted octanol–water partition coefficient (Wildman–Crippen LogP) is 4.54. The van der Waals surface area contributed by atoms with E-state index in [1.54, 1.807) is 23.1 Å². The van der Waals surface area contributed by atoms with Crippen LogP contribution in [0, 0.1) is 12.7 Å². The van der Waals surface area contributed by atoms with Crippen molar-refractivity contribution in [2.45, 2.75) is 71.0 Å². The van der Waals surface area contributed by atoms with Gasteiger partial charge in [0.25, 0.3) is 0 Å². The van der Waals surface area contributed by atoms with Gasteiger partial charge in [-0.3, -0.25) is 9.59 Å². The Morgan fingerprint density at radius 1 is 1.10 bits per heavy atom. The molecule has 1 atom stereocenters. The molecule has 1 N–H and O–H groups in total. The molecular weight excluding hydrogens is 379 g/mol. The second-order valence-electron chi connectivity index (χ2n) is 8.19. The van der Waals surface area contributed by atoms with Crippen LogP contribution in [-0.4, -0.2) is 28.8 Å². The highest BCUT2D eigenvalue weighted by molar-refractivity contribution is 5.88. The second-order valence-corrected chi connectivity index (χ2v) is 8.19. The zero-order valence-electron chi connectivity index (χ0n) is 17.9. The van der Waals surface area contributed by atoms with Gasteiger partial charge in [0, 0.05) is 12.6 Å². The van der Waals surface area contributed by atoms with Gasteiger partial charge in [0.1, 0.15) is 11.9 Å². The monoisotopic (exact) mass is 410 g/mol. The van der Waals surface area contributed by atoms with Crippen molar-refractivity contribution in [2.75, 3.05) is 0 Å². The molecule has 0 bridgehead atoms. The molecule has 2 amide bonds. The lowest BCUT2D eigenvalue weighted by Crippen LogP contribution is -2.51. The van der Waals surface area contributed by atoms with E-state index in [9.17, 15) is 14.0 Å². The van der Waals surface area contributed by atoms with Crippen LogP contribution >= 0.6 is 0 Å². The summed E-state index contributed by atoms with van der Waals surface area (Å²) in [5.74, 6) is -0.753. The first-order valence-electron chi connectivity index (χ1n) is 10.9. The van der Waals surface area contributed by atoms with E-state index in [0.29, 0.717) is 18.5 Å². The third-order valence-electron chi connectivity index (χ3n) is 5.86. The summed E-state index contributed by atoms with van der Waals surface area (Å²) in [5, 5.41) is 3.13. The third kappa shape index (κ3) is 5.68. The minimum Gasteiger partial charge on any atom is -0.352 e. The quantitative estimate of drug-likeness (QED) is 0.694. The molecule has 0 radical (unpaired) electrons. The Labute approximate surface area is 178 Å². The maximum absolute atomic E-state index is 14.1. The van der Waals surface area contributed by atoms with Gasteiger partial charge in [0.15, 0.2) is 0 Å². The van der Waals surface area contributed by atoms with Crippen LogP contribution in [0.15, 0.2) is 48.5 Å². The molecule has 0 saturated heterocycles. The molecule has 0 aliphatic heterocycles. The van der Waals surface area contributed by atoms with Crippen LogP contribution in [0.5, 0.6) is 0 Å². The SMILES string of the molecule is CC[C@@H](C(=O)NC1CCCC1)N(Cc1ccc(C)cc1)C(=O)Cc1ccccc1F. The summed E-state index contributed by atoms with van der Waals surface area (Å²) in [6.07, 6.45) is 4.67. The fourth-order valence-corrected chi connectivity index (χ4v) is 4.08. The molecule has 1 fully saturated rings. The van der Waals surface area contributed by atoms with Gasteiger partial charge in [-0.05, 0) is 43.4 Å². The van der Waals surface area contributed by atoms with Gasteiger partial charge in [-0.1, -0.05) is 67.8 Å². The van der Waals surface area contributed by atoms with Gasteiger partial charge in [0.05, 0.1) is 6.42 Å². The summed E-state index contributed by atoms with van der Waals surface area (Å²) >= 11 is 0. The molecule has 3 rings (SSSR count). The molecular formula is C25H31FN2O2. The molecule has 4 nitrogen and oxygen atoms in total. The summed E-state index contributed by atoms with van der Waals surface area (Å²) in [6, 6.07) is 13.9. The smallest absolute Gasteiger partial charge is 0.243 e. The van der Waals surface area contributed by atoms with E-state index in [2.05, 4.69) is 5.32 Å². The maximum atomic E-state index is 14.1. The van der Waals surface area contributed by atoms with Crippen LogP contribution in [0.3, 0.4) is 0 Å². The molecule has 0 unspecified atom stereocenters. The van der Waals surface area contributed by atoms with Crippen molar-refractivity contribution < 1.29 is 14.0 Å². The highest BCUT2D eigenvalue weighted by atomic mass is 19.1. The average molecular weight is 411 g/mol. The van der Waals surface area contributed by atoms with Crippen LogP contribution < -0.4 is 5.32 Å². The Morgan fingerprint density at radius 2 is 1.77 bits per heavy atom. The van der Waals surface area contributed by atoms with Crippen LogP contribution in [0.4, 0.5) is 4.39 Å². The average Bonchev–Trinajstić information content (AvgIpc) is 3.24. The highest BCUT2D eigenvalue weighted by Gasteiger charge is 2.30. The molecule has 2 aromatic rings. The minimum atomic E-state index is -0.578. The predicted molar refractivity (Wildman–Crippen MR) is 116 cm³/mol. The molecule has 1 aliphatic rings. The standard InChI is InChI=1S/C25H31FN2O2/c1-3-23(25(30)27-21-9-5-6-10-21)28(17-19-14-12-18(2)13-15-19)24(29)16-20-8-4-7-11-22(20)26/h4,7-8,11-15,21,23H,3,5-6,9-10,16-17H2,1-2H3,(H,27,30)/t23-/m0/s1. The lowest BCUT2D eigenvalue weighted by Gasteiger charge is -2.31. The first kappa shape index (κ1) is 22.0. The molecule has 30 heavy (non-hydrogen) atoms. The van der Waals surface area contributed by atoms with Crippen molar-refractivity contribution in [3.05, 3.63) is 71.0 Å². The number of aryl methyl sites for hydroxylation is 1. The lowest BCUT2D eigenvalue weighted by atomic mass is 10.1. The first-order valence-corrected chi connectivity index (χ1v) is 10.9. The van der Waals surface area contributed by atoms with Crippen molar-refractivity contribution in [1.29, 1.82) is 0 Å². The highest BCUT2D eigenvalue weighted by Crippen LogP contribution is 2.20. The summed E-state index contributed by atoms with van der Waals surface area (Å²) in [4.78, 5) is 27.9. The maximum Gasteiger partial charge on any atom is 0.243 e.